The highest BCUT2D eigenvalue weighted by Crippen LogP contribution is 2.37. The van der Waals surface area contributed by atoms with E-state index in [2.05, 4.69) is 0 Å². The van der Waals surface area contributed by atoms with Gasteiger partial charge in [-0.1, -0.05) is 50.0 Å². The third-order valence-corrected chi connectivity index (χ3v) is 5.41. The molecule has 0 spiro atoms. The SMILES string of the molecule is CN(C[C@](CC=O)(c1ccc(Cl)c(Cl)c1)N(C)C(=O)OC(C)(C)C)C(=O)C(C)(C)C. The van der Waals surface area contributed by atoms with E-state index in [4.69, 9.17) is 27.9 Å². The second kappa shape index (κ2) is 9.56. The number of hydrogen-bond donors (Lipinski definition) is 0. The fourth-order valence-electron chi connectivity index (χ4n) is 3.18. The van der Waals surface area contributed by atoms with Crippen molar-refractivity contribution >= 4 is 41.5 Å². The molecule has 0 saturated carbocycles. The second-order valence-electron chi connectivity index (χ2n) is 9.48. The van der Waals surface area contributed by atoms with Crippen molar-refractivity contribution in [2.24, 2.45) is 5.41 Å². The van der Waals surface area contributed by atoms with Gasteiger partial charge in [-0.3, -0.25) is 9.69 Å². The average molecular weight is 459 g/mol. The molecule has 6 nitrogen and oxygen atoms in total. The molecule has 0 aliphatic heterocycles. The van der Waals surface area contributed by atoms with Crippen molar-refractivity contribution in [3.8, 4) is 0 Å². The van der Waals surface area contributed by atoms with Crippen LogP contribution in [0.1, 0.15) is 53.5 Å². The van der Waals surface area contributed by atoms with Crippen molar-refractivity contribution in [2.45, 2.75) is 59.1 Å². The van der Waals surface area contributed by atoms with Crippen molar-refractivity contribution in [2.75, 3.05) is 20.6 Å². The van der Waals surface area contributed by atoms with Gasteiger partial charge in [0, 0.05) is 32.5 Å². The molecule has 0 fully saturated rings. The van der Waals surface area contributed by atoms with Crippen LogP contribution in [0, 0.1) is 5.41 Å². The summed E-state index contributed by atoms with van der Waals surface area (Å²) in [5, 5.41) is 0.631. The van der Waals surface area contributed by atoms with Crippen LogP contribution in [0.5, 0.6) is 0 Å². The van der Waals surface area contributed by atoms with Gasteiger partial charge in [-0.15, -0.1) is 0 Å². The summed E-state index contributed by atoms with van der Waals surface area (Å²) in [6, 6.07) is 4.92. The highest BCUT2D eigenvalue weighted by molar-refractivity contribution is 6.42. The number of ether oxygens (including phenoxy) is 1. The van der Waals surface area contributed by atoms with Crippen LogP contribution in [-0.4, -0.2) is 54.3 Å². The van der Waals surface area contributed by atoms with Gasteiger partial charge in [-0.05, 0) is 38.5 Å². The minimum Gasteiger partial charge on any atom is -0.444 e. The van der Waals surface area contributed by atoms with Crippen LogP contribution in [-0.2, 0) is 19.9 Å². The molecule has 30 heavy (non-hydrogen) atoms. The molecule has 2 amide bonds. The van der Waals surface area contributed by atoms with E-state index in [-0.39, 0.29) is 23.9 Å². The minimum absolute atomic E-state index is 0.0650. The zero-order valence-electron chi connectivity index (χ0n) is 19.0. The van der Waals surface area contributed by atoms with Gasteiger partial charge in [0.25, 0.3) is 0 Å². The van der Waals surface area contributed by atoms with E-state index in [1.54, 1.807) is 53.1 Å². The molecule has 1 aromatic carbocycles. The van der Waals surface area contributed by atoms with Gasteiger partial charge < -0.3 is 14.4 Å². The first-order valence-corrected chi connectivity index (χ1v) is 10.4. The summed E-state index contributed by atoms with van der Waals surface area (Å²) in [5.41, 5.74) is -1.99. The van der Waals surface area contributed by atoms with Gasteiger partial charge in [0.15, 0.2) is 0 Å². The van der Waals surface area contributed by atoms with Gasteiger partial charge in [0.1, 0.15) is 11.9 Å². The van der Waals surface area contributed by atoms with Crippen LogP contribution in [0.15, 0.2) is 18.2 Å². The molecule has 0 unspecified atom stereocenters. The number of amides is 2. The van der Waals surface area contributed by atoms with Crippen molar-refractivity contribution in [3.05, 3.63) is 33.8 Å². The lowest BCUT2D eigenvalue weighted by atomic mass is 9.84. The van der Waals surface area contributed by atoms with Crippen LogP contribution in [0.25, 0.3) is 0 Å². The molecule has 1 aromatic rings. The molecule has 1 rings (SSSR count). The summed E-state index contributed by atoms with van der Waals surface area (Å²) in [7, 11) is 3.20. The Balaban J connectivity index is 3.60. The fourth-order valence-corrected chi connectivity index (χ4v) is 3.47. The number of aldehydes is 1. The second-order valence-corrected chi connectivity index (χ2v) is 10.3. The first-order valence-electron chi connectivity index (χ1n) is 9.67. The topological polar surface area (TPSA) is 66.9 Å². The van der Waals surface area contributed by atoms with E-state index in [0.717, 1.165) is 6.29 Å². The molecule has 0 N–H and O–H groups in total. The van der Waals surface area contributed by atoms with Crippen molar-refractivity contribution in [1.29, 1.82) is 0 Å². The molecule has 0 saturated heterocycles. The number of carbonyl (C=O) groups is 3. The molecule has 0 radical (unpaired) electrons. The van der Waals surface area contributed by atoms with E-state index < -0.39 is 22.6 Å². The Morgan fingerprint density at radius 1 is 1.03 bits per heavy atom. The molecule has 168 valence electrons. The number of rotatable bonds is 6. The fraction of sp³-hybridized carbons (Fsp3) is 0.591. The Morgan fingerprint density at radius 2 is 1.60 bits per heavy atom. The molecule has 0 aromatic heterocycles. The van der Waals surface area contributed by atoms with Gasteiger partial charge in [0.2, 0.25) is 5.91 Å². The summed E-state index contributed by atoms with van der Waals surface area (Å²) in [5.74, 6) is -0.129. The lowest BCUT2D eigenvalue weighted by Crippen LogP contribution is -2.56. The molecule has 0 heterocycles. The Labute approximate surface area is 189 Å². The Morgan fingerprint density at radius 3 is 2.03 bits per heavy atom. The van der Waals surface area contributed by atoms with Crippen LogP contribution in [0.4, 0.5) is 4.79 Å². The molecule has 0 aliphatic carbocycles. The van der Waals surface area contributed by atoms with E-state index in [0.29, 0.717) is 10.6 Å². The van der Waals surface area contributed by atoms with Gasteiger partial charge in [-0.2, -0.15) is 0 Å². The van der Waals surface area contributed by atoms with Crippen molar-refractivity contribution < 1.29 is 19.1 Å². The Bertz CT molecular complexity index is 799. The number of nitrogens with zero attached hydrogens (tertiary/aromatic N) is 2. The maximum atomic E-state index is 13.0. The maximum Gasteiger partial charge on any atom is 0.410 e. The number of hydrogen-bond acceptors (Lipinski definition) is 4. The standard InChI is InChI=1S/C22H32Cl2N2O4/c1-20(2,3)18(28)25(7)14-22(11-12-27,15-9-10-16(23)17(24)13-15)26(8)19(29)30-21(4,5)6/h9-10,12-13H,11,14H2,1-8H3/t22-/m1/s1. The number of benzene rings is 1. The predicted octanol–water partition coefficient (Wildman–Crippen LogP) is 5.15. The molecule has 8 heteroatoms. The Kier molecular flexibility index (Phi) is 8.37. The van der Waals surface area contributed by atoms with Gasteiger partial charge in [0.05, 0.1) is 15.6 Å². The summed E-state index contributed by atoms with van der Waals surface area (Å²) in [4.78, 5) is 40.5. The predicted molar refractivity (Wildman–Crippen MR) is 120 cm³/mol. The normalized spacial score (nSPS) is 13.9. The third kappa shape index (κ3) is 6.35. The molecule has 0 aliphatic rings. The van der Waals surface area contributed by atoms with E-state index in [1.165, 1.54) is 9.80 Å². The average Bonchev–Trinajstić information content (AvgIpc) is 2.59. The van der Waals surface area contributed by atoms with Crippen molar-refractivity contribution in [1.82, 2.24) is 9.80 Å². The van der Waals surface area contributed by atoms with Crippen LogP contribution >= 0.6 is 23.2 Å². The number of carbonyl (C=O) groups excluding carboxylic acids is 3. The van der Waals surface area contributed by atoms with Gasteiger partial charge in [-0.25, -0.2) is 4.79 Å². The van der Waals surface area contributed by atoms with Gasteiger partial charge >= 0.3 is 6.09 Å². The van der Waals surface area contributed by atoms with Crippen LogP contribution < -0.4 is 0 Å². The number of likely N-dealkylation sites (N-methyl/N-ethyl adjacent to an activating group) is 2. The van der Waals surface area contributed by atoms with Crippen LogP contribution in [0.3, 0.4) is 0 Å². The first-order chi connectivity index (χ1) is 13.5. The van der Waals surface area contributed by atoms with Crippen LogP contribution in [0.2, 0.25) is 10.0 Å². The Hall–Kier alpha value is -1.79. The maximum absolute atomic E-state index is 13.0. The summed E-state index contributed by atoms with van der Waals surface area (Å²) >= 11 is 12.3. The first kappa shape index (κ1) is 26.2. The molecular weight excluding hydrogens is 427 g/mol. The monoisotopic (exact) mass is 458 g/mol. The number of halogens is 2. The molecular formula is C22H32Cl2N2O4. The molecule has 0 bridgehead atoms. The quantitative estimate of drug-likeness (QED) is 0.552. The highest BCUT2D eigenvalue weighted by Gasteiger charge is 2.43. The lowest BCUT2D eigenvalue weighted by Gasteiger charge is -2.44. The lowest BCUT2D eigenvalue weighted by molar-refractivity contribution is -0.140. The highest BCUT2D eigenvalue weighted by atomic mass is 35.5. The summed E-state index contributed by atoms with van der Waals surface area (Å²) in [6.07, 6.45) is 0.0355. The zero-order valence-corrected chi connectivity index (χ0v) is 20.5. The summed E-state index contributed by atoms with van der Waals surface area (Å²) < 4.78 is 5.55. The zero-order chi connectivity index (χ0) is 23.5. The third-order valence-electron chi connectivity index (χ3n) is 4.67. The van der Waals surface area contributed by atoms with E-state index >= 15 is 0 Å². The minimum atomic E-state index is -1.20. The van der Waals surface area contributed by atoms with E-state index in [1.807, 2.05) is 20.8 Å². The largest absolute Gasteiger partial charge is 0.444 e. The summed E-state index contributed by atoms with van der Waals surface area (Å²) in [6.45, 7) is 10.8. The smallest absolute Gasteiger partial charge is 0.410 e. The van der Waals surface area contributed by atoms with E-state index in [9.17, 15) is 14.4 Å². The molecule has 1 atom stereocenters. The van der Waals surface area contributed by atoms with Crippen molar-refractivity contribution in [3.63, 3.8) is 0 Å².